The molecule has 0 aromatic rings. The van der Waals surface area contributed by atoms with Crippen molar-refractivity contribution < 1.29 is 5.11 Å². The Morgan fingerprint density at radius 2 is 1.85 bits per heavy atom. The van der Waals surface area contributed by atoms with Crippen molar-refractivity contribution in [3.63, 3.8) is 0 Å². The normalized spacial score (nSPS) is 31.1. The van der Waals surface area contributed by atoms with Crippen LogP contribution in [-0.4, -0.2) is 5.11 Å². The number of aliphatic hydroxyl groups is 1. The van der Waals surface area contributed by atoms with Gasteiger partial charge in [0.1, 0.15) is 0 Å². The second kappa shape index (κ2) is 5.11. The van der Waals surface area contributed by atoms with E-state index in [0.717, 1.165) is 6.42 Å². The van der Waals surface area contributed by atoms with Crippen LogP contribution in [0.3, 0.4) is 0 Å². The van der Waals surface area contributed by atoms with E-state index in [0.29, 0.717) is 17.6 Å². The van der Waals surface area contributed by atoms with Gasteiger partial charge in [-0.2, -0.15) is 0 Å². The number of allylic oxidation sites excluding steroid dienone is 4. The maximum atomic E-state index is 8.93. The van der Waals surface area contributed by atoms with Crippen molar-refractivity contribution in [2.45, 2.75) is 39.5 Å². The largest absolute Gasteiger partial charge is 0.513 e. The molecule has 0 aromatic carbocycles. The minimum absolute atomic E-state index is 0.574. The summed E-state index contributed by atoms with van der Waals surface area (Å²) in [4.78, 5) is 0. The molecule has 0 fully saturated rings. The SMILES string of the molecule is C1=CCCC1.CC1C=C(O)CC1C. The molecular weight excluding hydrogens is 160 g/mol. The first-order chi connectivity index (χ1) is 6.20. The molecule has 0 saturated heterocycles. The lowest BCUT2D eigenvalue weighted by Crippen LogP contribution is -1.96. The molecule has 0 bridgehead atoms. The van der Waals surface area contributed by atoms with Crippen LogP contribution in [0.2, 0.25) is 0 Å². The van der Waals surface area contributed by atoms with E-state index < -0.39 is 0 Å². The van der Waals surface area contributed by atoms with Crippen LogP contribution >= 0.6 is 0 Å². The number of aliphatic hydroxyl groups excluding tert-OH is 1. The Balaban J connectivity index is 0.000000145. The quantitative estimate of drug-likeness (QED) is 0.562. The fourth-order valence-electron chi connectivity index (χ4n) is 1.64. The van der Waals surface area contributed by atoms with E-state index in [2.05, 4.69) is 26.0 Å². The second-order valence-corrected chi connectivity index (χ2v) is 4.10. The lowest BCUT2D eigenvalue weighted by atomic mass is 10.0. The zero-order valence-corrected chi connectivity index (χ0v) is 8.66. The average Bonchev–Trinajstić information content (AvgIpc) is 2.66. The van der Waals surface area contributed by atoms with E-state index in [9.17, 15) is 0 Å². The Kier molecular flexibility index (Phi) is 4.07. The number of hydrogen-bond donors (Lipinski definition) is 1. The van der Waals surface area contributed by atoms with Gasteiger partial charge in [-0.3, -0.25) is 0 Å². The van der Waals surface area contributed by atoms with Crippen molar-refractivity contribution in [1.29, 1.82) is 0 Å². The number of hydrogen-bond acceptors (Lipinski definition) is 1. The topological polar surface area (TPSA) is 20.2 Å². The van der Waals surface area contributed by atoms with E-state index in [1.165, 1.54) is 19.3 Å². The predicted octanol–water partition coefficient (Wildman–Crippen LogP) is 3.83. The maximum Gasteiger partial charge on any atom is 0.0888 e. The highest BCUT2D eigenvalue weighted by molar-refractivity contribution is 5.04. The first-order valence-electron chi connectivity index (χ1n) is 5.25. The third kappa shape index (κ3) is 3.67. The van der Waals surface area contributed by atoms with E-state index >= 15 is 0 Å². The van der Waals surface area contributed by atoms with Crippen molar-refractivity contribution in [2.24, 2.45) is 11.8 Å². The highest BCUT2D eigenvalue weighted by Crippen LogP contribution is 2.27. The smallest absolute Gasteiger partial charge is 0.0888 e. The summed E-state index contributed by atoms with van der Waals surface area (Å²) in [5.41, 5.74) is 0. The molecule has 0 saturated carbocycles. The molecule has 0 aliphatic heterocycles. The molecule has 2 atom stereocenters. The molecule has 0 spiro atoms. The summed E-state index contributed by atoms with van der Waals surface area (Å²) in [6, 6.07) is 0. The minimum atomic E-state index is 0.574. The average molecular weight is 180 g/mol. The summed E-state index contributed by atoms with van der Waals surface area (Å²) in [5.74, 6) is 1.80. The highest BCUT2D eigenvalue weighted by atomic mass is 16.3. The molecule has 2 aliphatic carbocycles. The van der Waals surface area contributed by atoms with Gasteiger partial charge in [-0.1, -0.05) is 26.0 Å². The van der Waals surface area contributed by atoms with Crippen LogP contribution in [0.1, 0.15) is 39.5 Å². The standard InChI is InChI=1S/C7H12O.C5H8/c1-5-3-7(8)4-6(5)2;1-2-4-5-3-1/h3,5-6,8H,4H2,1-2H3;1-2H,3-5H2. The van der Waals surface area contributed by atoms with Gasteiger partial charge in [0.2, 0.25) is 0 Å². The van der Waals surface area contributed by atoms with Crippen molar-refractivity contribution in [1.82, 2.24) is 0 Å². The Morgan fingerprint density at radius 3 is 2.00 bits per heavy atom. The molecule has 2 rings (SSSR count). The van der Waals surface area contributed by atoms with E-state index in [1.807, 2.05) is 6.08 Å². The molecule has 0 amide bonds. The first kappa shape index (κ1) is 10.4. The van der Waals surface area contributed by atoms with Crippen LogP contribution in [-0.2, 0) is 0 Å². The molecule has 2 aliphatic rings. The Morgan fingerprint density at radius 1 is 1.23 bits per heavy atom. The highest BCUT2D eigenvalue weighted by Gasteiger charge is 2.18. The first-order valence-corrected chi connectivity index (χ1v) is 5.25. The summed E-state index contributed by atoms with van der Waals surface area (Å²) < 4.78 is 0. The Hall–Kier alpha value is -0.720. The van der Waals surface area contributed by atoms with Crippen molar-refractivity contribution in [3.05, 3.63) is 24.0 Å². The summed E-state index contributed by atoms with van der Waals surface area (Å²) in [5, 5.41) is 8.93. The molecule has 1 heteroatoms. The second-order valence-electron chi connectivity index (χ2n) is 4.10. The van der Waals surface area contributed by atoms with Crippen LogP contribution in [0.25, 0.3) is 0 Å². The van der Waals surface area contributed by atoms with Gasteiger partial charge in [0.15, 0.2) is 0 Å². The minimum Gasteiger partial charge on any atom is -0.513 e. The third-order valence-corrected chi connectivity index (χ3v) is 2.79. The van der Waals surface area contributed by atoms with Crippen molar-refractivity contribution in [2.75, 3.05) is 0 Å². The van der Waals surface area contributed by atoms with Gasteiger partial charge in [0, 0.05) is 6.42 Å². The van der Waals surface area contributed by atoms with Gasteiger partial charge in [-0.05, 0) is 37.2 Å². The van der Waals surface area contributed by atoms with Crippen LogP contribution in [0.4, 0.5) is 0 Å². The van der Waals surface area contributed by atoms with Gasteiger partial charge in [0.25, 0.3) is 0 Å². The van der Waals surface area contributed by atoms with Gasteiger partial charge < -0.3 is 5.11 Å². The summed E-state index contributed by atoms with van der Waals surface area (Å²) >= 11 is 0. The van der Waals surface area contributed by atoms with Gasteiger partial charge in [-0.25, -0.2) is 0 Å². The lowest BCUT2D eigenvalue weighted by Gasteiger charge is -2.04. The molecule has 13 heavy (non-hydrogen) atoms. The van der Waals surface area contributed by atoms with Gasteiger partial charge >= 0.3 is 0 Å². The molecule has 74 valence electrons. The molecule has 0 radical (unpaired) electrons. The summed E-state index contributed by atoms with van der Waals surface area (Å²) in [6.45, 7) is 4.29. The molecule has 1 N–H and O–H groups in total. The predicted molar refractivity (Wildman–Crippen MR) is 56.6 cm³/mol. The molecule has 0 heterocycles. The zero-order valence-electron chi connectivity index (χ0n) is 8.66. The lowest BCUT2D eigenvalue weighted by molar-refractivity contribution is 0.373. The van der Waals surface area contributed by atoms with Crippen LogP contribution in [0.5, 0.6) is 0 Å². The summed E-state index contributed by atoms with van der Waals surface area (Å²) in [7, 11) is 0. The van der Waals surface area contributed by atoms with E-state index in [-0.39, 0.29) is 0 Å². The summed E-state index contributed by atoms with van der Waals surface area (Å²) in [6.07, 6.45) is 11.3. The van der Waals surface area contributed by atoms with Crippen molar-refractivity contribution in [3.8, 4) is 0 Å². The maximum absolute atomic E-state index is 8.93. The van der Waals surface area contributed by atoms with Crippen LogP contribution in [0, 0.1) is 11.8 Å². The van der Waals surface area contributed by atoms with Gasteiger partial charge in [-0.15, -0.1) is 0 Å². The molecule has 2 unspecified atom stereocenters. The monoisotopic (exact) mass is 180 g/mol. The molecule has 1 nitrogen and oxygen atoms in total. The number of rotatable bonds is 0. The van der Waals surface area contributed by atoms with E-state index in [1.54, 1.807) is 0 Å². The van der Waals surface area contributed by atoms with Crippen LogP contribution < -0.4 is 0 Å². The molecule has 0 aromatic heterocycles. The fourth-order valence-corrected chi connectivity index (χ4v) is 1.64. The third-order valence-electron chi connectivity index (χ3n) is 2.79. The molecular formula is C12H20O. The Bertz CT molecular complexity index is 197. The fraction of sp³-hybridized carbons (Fsp3) is 0.667. The van der Waals surface area contributed by atoms with Crippen molar-refractivity contribution >= 4 is 0 Å². The van der Waals surface area contributed by atoms with Gasteiger partial charge in [0.05, 0.1) is 5.76 Å². The zero-order chi connectivity index (χ0) is 9.68. The van der Waals surface area contributed by atoms with E-state index in [4.69, 9.17) is 5.11 Å². The van der Waals surface area contributed by atoms with Crippen LogP contribution in [0.15, 0.2) is 24.0 Å². The Labute approximate surface area is 81.2 Å².